The van der Waals surface area contributed by atoms with Crippen LogP contribution in [0.4, 0.5) is 13.2 Å². The van der Waals surface area contributed by atoms with Crippen LogP contribution >= 0.6 is 0 Å². The number of halogens is 3. The molecule has 4 aliphatic rings. The van der Waals surface area contributed by atoms with E-state index in [9.17, 15) is 26.4 Å². The second-order valence-corrected chi connectivity index (χ2v) is 13.5. The van der Waals surface area contributed by atoms with E-state index >= 15 is 0 Å². The Morgan fingerprint density at radius 1 is 1.18 bits per heavy atom. The standard InChI is InChI=1S/C27H33F3N4O4S/c28-27(29,30)16-38-19-7-8-21-18(13-19)9-11-26(21)14-22-24(25(35)32-26)23(34(33-22)12-10-17-5-6-17)15-31-39(36,37)20-3-1-2-4-20/h7-8,13,17,20,31H,1-6,9-12,14-16H2,(H,32,35)/t26-/m0/s1. The molecule has 1 aliphatic heterocycles. The predicted octanol–water partition coefficient (Wildman–Crippen LogP) is 4.11. The van der Waals surface area contributed by atoms with Crippen LogP contribution < -0.4 is 14.8 Å². The number of sulfonamides is 1. The van der Waals surface area contributed by atoms with Crippen molar-refractivity contribution in [2.75, 3.05) is 6.61 Å². The summed E-state index contributed by atoms with van der Waals surface area (Å²) in [5, 5.41) is 7.61. The summed E-state index contributed by atoms with van der Waals surface area (Å²) >= 11 is 0. The van der Waals surface area contributed by atoms with E-state index in [1.54, 1.807) is 12.1 Å². The summed E-state index contributed by atoms with van der Waals surface area (Å²) in [7, 11) is -3.50. The second-order valence-electron chi connectivity index (χ2n) is 11.4. The molecule has 1 spiro atoms. The summed E-state index contributed by atoms with van der Waals surface area (Å²) in [5.74, 6) is 0.492. The lowest BCUT2D eigenvalue weighted by Gasteiger charge is -2.35. The van der Waals surface area contributed by atoms with Crippen molar-refractivity contribution in [3.8, 4) is 5.75 Å². The van der Waals surface area contributed by atoms with E-state index in [1.807, 2.05) is 4.68 Å². The Hall–Kier alpha value is -2.60. The number of hydrogen-bond acceptors (Lipinski definition) is 5. The third-order valence-electron chi connectivity index (χ3n) is 8.62. The number of alkyl halides is 3. The van der Waals surface area contributed by atoms with Crippen molar-refractivity contribution in [2.45, 2.75) is 94.3 Å². The monoisotopic (exact) mass is 566 g/mol. The summed E-state index contributed by atoms with van der Waals surface area (Å²) in [6.07, 6.45) is 3.60. The Morgan fingerprint density at radius 2 is 1.95 bits per heavy atom. The molecule has 2 saturated carbocycles. The molecule has 2 fully saturated rings. The van der Waals surface area contributed by atoms with Gasteiger partial charge in [0.2, 0.25) is 10.0 Å². The minimum Gasteiger partial charge on any atom is -0.484 e. The van der Waals surface area contributed by atoms with Gasteiger partial charge in [-0.15, -0.1) is 0 Å². The maximum Gasteiger partial charge on any atom is 0.422 e. The van der Waals surface area contributed by atoms with Crippen LogP contribution in [0.3, 0.4) is 0 Å². The van der Waals surface area contributed by atoms with Crippen molar-refractivity contribution in [3.63, 3.8) is 0 Å². The van der Waals surface area contributed by atoms with Gasteiger partial charge in [-0.3, -0.25) is 9.48 Å². The van der Waals surface area contributed by atoms with E-state index < -0.39 is 33.6 Å². The van der Waals surface area contributed by atoms with Gasteiger partial charge in [0.05, 0.1) is 34.3 Å². The van der Waals surface area contributed by atoms with Crippen LogP contribution in [0.25, 0.3) is 0 Å². The number of nitrogens with one attached hydrogen (secondary N) is 2. The zero-order valence-corrected chi connectivity index (χ0v) is 22.5. The number of carbonyl (C=O) groups is 1. The number of aromatic nitrogens is 2. The van der Waals surface area contributed by atoms with Crippen LogP contribution in [0.1, 0.15) is 84.2 Å². The van der Waals surface area contributed by atoms with Gasteiger partial charge in [-0.25, -0.2) is 13.1 Å². The maximum absolute atomic E-state index is 13.6. The average molecular weight is 567 g/mol. The fourth-order valence-corrected chi connectivity index (χ4v) is 7.93. The van der Waals surface area contributed by atoms with Gasteiger partial charge in [-0.05, 0) is 61.3 Å². The smallest absolute Gasteiger partial charge is 0.422 e. The third-order valence-corrected chi connectivity index (χ3v) is 10.5. The summed E-state index contributed by atoms with van der Waals surface area (Å²) < 4.78 is 73.1. The number of carbonyl (C=O) groups excluding carboxylic acids is 1. The van der Waals surface area contributed by atoms with Crippen molar-refractivity contribution in [3.05, 3.63) is 46.3 Å². The van der Waals surface area contributed by atoms with Crippen molar-refractivity contribution in [1.82, 2.24) is 19.8 Å². The normalized spacial score (nSPS) is 23.2. The number of aryl methyl sites for hydroxylation is 2. The Balaban J connectivity index is 1.26. The van der Waals surface area contributed by atoms with E-state index in [4.69, 9.17) is 9.84 Å². The molecule has 8 nitrogen and oxygen atoms in total. The van der Waals surface area contributed by atoms with Crippen LogP contribution in [-0.4, -0.2) is 42.1 Å². The van der Waals surface area contributed by atoms with Crippen LogP contribution in [0.2, 0.25) is 0 Å². The van der Waals surface area contributed by atoms with E-state index in [0.29, 0.717) is 61.5 Å². The highest BCUT2D eigenvalue weighted by Crippen LogP contribution is 2.44. The molecule has 1 amide bonds. The van der Waals surface area contributed by atoms with E-state index in [0.717, 1.165) is 30.4 Å². The lowest BCUT2D eigenvalue weighted by atomic mass is 9.82. The first-order valence-electron chi connectivity index (χ1n) is 13.8. The Bertz CT molecular complexity index is 1380. The fraction of sp³-hybridized carbons (Fsp3) is 0.630. The van der Waals surface area contributed by atoms with Gasteiger partial charge in [0.25, 0.3) is 5.91 Å². The zero-order valence-electron chi connectivity index (χ0n) is 21.6. The molecule has 0 bridgehead atoms. The number of benzene rings is 1. The number of nitrogens with zero attached hydrogens (tertiary/aromatic N) is 2. The van der Waals surface area contributed by atoms with Crippen LogP contribution in [0, 0.1) is 5.92 Å². The molecule has 1 aromatic heterocycles. The molecule has 2 heterocycles. The molecule has 6 rings (SSSR count). The molecular weight excluding hydrogens is 533 g/mol. The molecule has 0 unspecified atom stereocenters. The van der Waals surface area contributed by atoms with Gasteiger partial charge in [0.15, 0.2) is 6.61 Å². The minimum absolute atomic E-state index is 0.0166. The number of hydrogen-bond donors (Lipinski definition) is 2. The van der Waals surface area contributed by atoms with Gasteiger partial charge < -0.3 is 10.1 Å². The number of amides is 1. The molecule has 39 heavy (non-hydrogen) atoms. The molecule has 3 aliphatic carbocycles. The number of fused-ring (bicyclic) bond motifs is 3. The zero-order chi connectivity index (χ0) is 27.4. The molecule has 2 aromatic rings. The van der Waals surface area contributed by atoms with Crippen molar-refractivity contribution in [1.29, 1.82) is 0 Å². The van der Waals surface area contributed by atoms with Crippen LogP contribution in [0.15, 0.2) is 18.2 Å². The minimum atomic E-state index is -4.42. The SMILES string of the molecule is O=C1N[C@@]2(CCc3cc(OCC(F)(F)F)ccc32)Cc2nn(CCC3CC3)c(CNS(=O)(=O)C3CCCC3)c21. The van der Waals surface area contributed by atoms with Gasteiger partial charge in [-0.1, -0.05) is 31.7 Å². The molecular formula is C27H33F3N4O4S. The van der Waals surface area contributed by atoms with E-state index in [1.165, 1.54) is 18.9 Å². The first kappa shape index (κ1) is 26.6. The summed E-state index contributed by atoms with van der Waals surface area (Å²) in [6.45, 7) is -0.722. The van der Waals surface area contributed by atoms with Gasteiger partial charge >= 0.3 is 6.18 Å². The van der Waals surface area contributed by atoms with Crippen molar-refractivity contribution >= 4 is 15.9 Å². The first-order chi connectivity index (χ1) is 18.5. The van der Waals surface area contributed by atoms with Crippen LogP contribution in [0.5, 0.6) is 5.75 Å². The molecule has 0 radical (unpaired) electrons. The van der Waals surface area contributed by atoms with Gasteiger partial charge in [-0.2, -0.15) is 18.3 Å². The summed E-state index contributed by atoms with van der Waals surface area (Å²) in [6, 6.07) is 4.87. The lowest BCUT2D eigenvalue weighted by Crippen LogP contribution is -2.50. The van der Waals surface area contributed by atoms with Crippen molar-refractivity contribution < 1.29 is 31.1 Å². The highest BCUT2D eigenvalue weighted by Gasteiger charge is 2.46. The largest absolute Gasteiger partial charge is 0.484 e. The van der Waals surface area contributed by atoms with E-state index in [-0.39, 0.29) is 18.2 Å². The molecule has 12 heteroatoms. The molecule has 0 saturated heterocycles. The molecule has 1 atom stereocenters. The molecule has 2 N–H and O–H groups in total. The number of ether oxygens (including phenoxy) is 1. The Morgan fingerprint density at radius 3 is 2.67 bits per heavy atom. The van der Waals surface area contributed by atoms with Gasteiger partial charge in [0.1, 0.15) is 5.75 Å². The Labute approximate surface area is 225 Å². The quantitative estimate of drug-likeness (QED) is 0.476. The fourth-order valence-electron chi connectivity index (χ4n) is 6.40. The highest BCUT2D eigenvalue weighted by atomic mass is 32.2. The van der Waals surface area contributed by atoms with Crippen LogP contribution in [-0.2, 0) is 41.5 Å². The topological polar surface area (TPSA) is 102 Å². The number of rotatable bonds is 9. The highest BCUT2D eigenvalue weighted by molar-refractivity contribution is 7.90. The lowest BCUT2D eigenvalue weighted by molar-refractivity contribution is -0.153. The summed E-state index contributed by atoms with van der Waals surface area (Å²) in [5.41, 5.74) is 2.65. The first-order valence-corrected chi connectivity index (χ1v) is 15.3. The maximum atomic E-state index is 13.6. The van der Waals surface area contributed by atoms with Crippen molar-refractivity contribution in [2.24, 2.45) is 5.92 Å². The third kappa shape index (κ3) is 5.41. The van der Waals surface area contributed by atoms with E-state index in [2.05, 4.69) is 10.0 Å². The second kappa shape index (κ2) is 9.79. The predicted molar refractivity (Wildman–Crippen MR) is 137 cm³/mol. The Kier molecular flexibility index (Phi) is 6.68. The molecule has 212 valence electrons. The summed E-state index contributed by atoms with van der Waals surface area (Å²) in [4.78, 5) is 13.6. The average Bonchev–Trinajstić information content (AvgIpc) is 3.25. The molecule has 1 aromatic carbocycles. The van der Waals surface area contributed by atoms with Gasteiger partial charge in [0, 0.05) is 13.0 Å².